The van der Waals surface area contributed by atoms with Gasteiger partial charge in [0, 0.05) is 35.1 Å². The lowest BCUT2D eigenvalue weighted by molar-refractivity contribution is -0.130. The lowest BCUT2D eigenvalue weighted by atomic mass is 9.87. The summed E-state index contributed by atoms with van der Waals surface area (Å²) in [6, 6.07) is 19.2. The fourth-order valence-electron chi connectivity index (χ4n) is 4.90. The van der Waals surface area contributed by atoms with Gasteiger partial charge in [0.05, 0.1) is 24.6 Å². The summed E-state index contributed by atoms with van der Waals surface area (Å²) in [5.41, 5.74) is 3.08. The van der Waals surface area contributed by atoms with E-state index in [0.29, 0.717) is 35.4 Å². The van der Waals surface area contributed by atoms with Crippen LogP contribution < -0.4 is 15.0 Å². The van der Waals surface area contributed by atoms with Crippen LogP contribution in [0.25, 0.3) is 0 Å². The van der Waals surface area contributed by atoms with Crippen molar-refractivity contribution in [2.24, 2.45) is 0 Å². The molecule has 6 nitrogen and oxygen atoms in total. The molecule has 2 heterocycles. The number of hydrogen-bond donors (Lipinski definition) is 1. The normalized spacial score (nSPS) is 18.6. The maximum atomic E-state index is 13.8. The number of hydrogen-bond acceptors (Lipinski definition) is 5. The summed E-state index contributed by atoms with van der Waals surface area (Å²) in [5, 5.41) is 4.19. The molecule has 3 aromatic carbocycles. The number of anilines is 2. The molecule has 0 radical (unpaired) electrons. The molecule has 1 saturated heterocycles. The number of carbonyl (C=O) groups excluding carboxylic acids is 2. The molecule has 2 aliphatic heterocycles. The number of nitrogens with zero attached hydrogens (tertiary/aromatic N) is 1. The standard InChI is InChI=1S/C28H28Cl2N2O3.CH2O/c1-18(2)22-7-4-8-25(32-11-13-34-14-12-32)26(22)35-28(17-19-5-3-6-20(29)15-19)23-10-9-21(30)16-24(23)31-27(28)33;1-2/h3-10,15-16,18H,11-14,17H2,1-2H3,(H,31,33);1H2. The van der Waals surface area contributed by atoms with E-state index in [4.69, 9.17) is 37.5 Å². The molecule has 0 bridgehead atoms. The van der Waals surface area contributed by atoms with E-state index in [9.17, 15) is 4.79 Å². The van der Waals surface area contributed by atoms with E-state index in [0.717, 1.165) is 41.2 Å². The van der Waals surface area contributed by atoms with E-state index in [1.165, 1.54) is 0 Å². The van der Waals surface area contributed by atoms with Crippen molar-refractivity contribution in [3.05, 3.63) is 87.4 Å². The Kier molecular flexibility index (Phi) is 8.42. The second kappa shape index (κ2) is 11.5. The van der Waals surface area contributed by atoms with Gasteiger partial charge in [-0.3, -0.25) is 4.79 Å². The van der Waals surface area contributed by atoms with Crippen molar-refractivity contribution in [1.82, 2.24) is 0 Å². The number of morpholine rings is 1. The summed E-state index contributed by atoms with van der Waals surface area (Å²) in [4.78, 5) is 24.1. The van der Waals surface area contributed by atoms with Crippen LogP contribution in [0.4, 0.5) is 11.4 Å². The maximum Gasteiger partial charge on any atom is 0.273 e. The quantitative estimate of drug-likeness (QED) is 0.400. The minimum absolute atomic E-state index is 0.198. The number of nitrogens with one attached hydrogen (secondary N) is 1. The molecular weight excluding hydrogens is 511 g/mol. The second-order valence-corrected chi connectivity index (χ2v) is 10.2. The largest absolute Gasteiger partial charge is 0.470 e. The SMILES string of the molecule is C=O.CC(C)c1cccc(N2CCOCC2)c1OC1(Cc2cccc(Cl)c2)C(=O)Nc2cc(Cl)ccc21. The minimum Gasteiger partial charge on any atom is -0.470 e. The fourth-order valence-corrected chi connectivity index (χ4v) is 5.29. The highest BCUT2D eigenvalue weighted by Crippen LogP contribution is 2.47. The van der Waals surface area contributed by atoms with E-state index in [1.807, 2.05) is 37.1 Å². The molecule has 0 aromatic heterocycles. The van der Waals surface area contributed by atoms with E-state index in [2.05, 4.69) is 42.3 Å². The van der Waals surface area contributed by atoms with E-state index in [1.54, 1.807) is 12.1 Å². The van der Waals surface area contributed by atoms with Gasteiger partial charge < -0.3 is 24.5 Å². The van der Waals surface area contributed by atoms with E-state index in [-0.39, 0.29) is 11.8 Å². The van der Waals surface area contributed by atoms with Crippen LogP contribution in [0, 0.1) is 0 Å². The zero-order valence-corrected chi connectivity index (χ0v) is 22.4. The molecule has 1 N–H and O–H groups in total. The monoisotopic (exact) mass is 540 g/mol. The number of halogens is 2. The van der Waals surface area contributed by atoms with Gasteiger partial charge in [-0.15, -0.1) is 0 Å². The predicted octanol–water partition coefficient (Wildman–Crippen LogP) is 6.24. The fraction of sp³-hybridized carbons (Fsp3) is 0.310. The number of ether oxygens (including phenoxy) is 2. The molecule has 0 spiro atoms. The number of benzene rings is 3. The third-order valence-electron chi connectivity index (χ3n) is 6.65. The highest BCUT2D eigenvalue weighted by molar-refractivity contribution is 6.31. The van der Waals surface area contributed by atoms with Crippen molar-refractivity contribution in [3.63, 3.8) is 0 Å². The molecule has 2 aliphatic rings. The van der Waals surface area contributed by atoms with Gasteiger partial charge in [-0.25, -0.2) is 0 Å². The Balaban J connectivity index is 0.00000156. The average Bonchev–Trinajstić information content (AvgIpc) is 3.15. The number of rotatable bonds is 6. The van der Waals surface area contributed by atoms with Crippen molar-refractivity contribution in [2.75, 3.05) is 36.5 Å². The molecule has 1 atom stereocenters. The van der Waals surface area contributed by atoms with Gasteiger partial charge in [-0.1, -0.05) is 67.4 Å². The number of carbonyl (C=O) groups is 2. The smallest absolute Gasteiger partial charge is 0.273 e. The number of amides is 1. The zero-order valence-electron chi connectivity index (χ0n) is 20.9. The zero-order chi connectivity index (χ0) is 26.6. The lowest BCUT2D eigenvalue weighted by Crippen LogP contribution is -2.43. The van der Waals surface area contributed by atoms with Gasteiger partial charge in [0.1, 0.15) is 12.5 Å². The molecule has 8 heteroatoms. The molecule has 37 heavy (non-hydrogen) atoms. The van der Waals surface area contributed by atoms with Crippen molar-refractivity contribution in [2.45, 2.75) is 31.8 Å². The third-order valence-corrected chi connectivity index (χ3v) is 7.12. The summed E-state index contributed by atoms with van der Waals surface area (Å²) in [6.07, 6.45) is 0.322. The van der Waals surface area contributed by atoms with E-state index >= 15 is 0 Å². The summed E-state index contributed by atoms with van der Waals surface area (Å²) in [6.45, 7) is 9.10. The van der Waals surface area contributed by atoms with Crippen LogP contribution in [0.5, 0.6) is 5.75 Å². The first-order chi connectivity index (χ1) is 17.9. The van der Waals surface area contributed by atoms with Gasteiger partial charge in [-0.05, 0) is 47.4 Å². The molecule has 1 amide bonds. The van der Waals surface area contributed by atoms with Crippen LogP contribution in [0.15, 0.2) is 60.7 Å². The summed E-state index contributed by atoms with van der Waals surface area (Å²) in [5.74, 6) is 0.703. The number of fused-ring (bicyclic) bond motifs is 1. The average molecular weight is 541 g/mol. The Morgan fingerprint density at radius 3 is 2.43 bits per heavy atom. The Bertz CT molecular complexity index is 1280. The van der Waals surface area contributed by atoms with Crippen LogP contribution in [-0.4, -0.2) is 39.0 Å². The van der Waals surface area contributed by atoms with Crippen molar-refractivity contribution in [3.8, 4) is 5.75 Å². The summed E-state index contributed by atoms with van der Waals surface area (Å²) >= 11 is 12.6. The summed E-state index contributed by atoms with van der Waals surface area (Å²) < 4.78 is 12.6. The number of para-hydroxylation sites is 1. The molecular formula is C29H30Cl2N2O4. The molecule has 194 valence electrons. The molecule has 0 aliphatic carbocycles. The highest BCUT2D eigenvalue weighted by atomic mass is 35.5. The van der Waals surface area contributed by atoms with Gasteiger partial charge >= 0.3 is 0 Å². The third kappa shape index (κ3) is 5.47. The van der Waals surface area contributed by atoms with Crippen LogP contribution in [0.3, 0.4) is 0 Å². The van der Waals surface area contributed by atoms with Crippen molar-refractivity contribution in [1.29, 1.82) is 0 Å². The Morgan fingerprint density at radius 1 is 1.03 bits per heavy atom. The Labute approximate surface area is 227 Å². The highest BCUT2D eigenvalue weighted by Gasteiger charge is 2.50. The van der Waals surface area contributed by atoms with Crippen LogP contribution in [0.2, 0.25) is 10.0 Å². The van der Waals surface area contributed by atoms with Gasteiger partial charge in [-0.2, -0.15) is 0 Å². The second-order valence-electron chi connectivity index (χ2n) is 9.33. The van der Waals surface area contributed by atoms with Crippen LogP contribution in [0.1, 0.15) is 36.5 Å². The van der Waals surface area contributed by atoms with Crippen LogP contribution in [-0.2, 0) is 26.3 Å². The van der Waals surface area contributed by atoms with E-state index < -0.39 is 5.60 Å². The molecule has 1 fully saturated rings. The van der Waals surface area contributed by atoms with Gasteiger partial charge in [0.2, 0.25) is 5.60 Å². The van der Waals surface area contributed by atoms with Crippen molar-refractivity contribution >= 4 is 47.3 Å². The first-order valence-electron chi connectivity index (χ1n) is 12.2. The Morgan fingerprint density at radius 2 is 1.73 bits per heavy atom. The summed E-state index contributed by atoms with van der Waals surface area (Å²) in [7, 11) is 0. The van der Waals surface area contributed by atoms with Crippen molar-refractivity contribution < 1.29 is 19.1 Å². The first-order valence-corrected chi connectivity index (χ1v) is 12.9. The molecule has 5 rings (SSSR count). The topological polar surface area (TPSA) is 67.9 Å². The minimum atomic E-state index is -1.28. The molecule has 3 aromatic rings. The van der Waals surface area contributed by atoms with Crippen LogP contribution >= 0.6 is 23.2 Å². The molecule has 1 unspecified atom stereocenters. The lowest BCUT2D eigenvalue weighted by Gasteiger charge is -2.35. The first kappa shape index (κ1) is 27.0. The maximum absolute atomic E-state index is 13.8. The van der Waals surface area contributed by atoms with Gasteiger partial charge in [0.15, 0.2) is 0 Å². The predicted molar refractivity (Wildman–Crippen MR) is 148 cm³/mol. The Hall–Kier alpha value is -3.06. The van der Waals surface area contributed by atoms with Gasteiger partial charge in [0.25, 0.3) is 5.91 Å². The molecule has 0 saturated carbocycles.